The molecule has 0 aliphatic rings. The smallest absolute Gasteiger partial charge is 0.0779 e. The lowest BCUT2D eigenvalue weighted by molar-refractivity contribution is -0.0337. The van der Waals surface area contributed by atoms with Gasteiger partial charge in [0.2, 0.25) is 0 Å². The van der Waals surface area contributed by atoms with E-state index in [-0.39, 0.29) is 18.1 Å². The zero-order chi connectivity index (χ0) is 10.5. The van der Waals surface area contributed by atoms with Crippen molar-refractivity contribution in [1.82, 2.24) is 0 Å². The molecule has 0 aliphatic carbocycles. The second-order valence-electron chi connectivity index (χ2n) is 4.75. The monoisotopic (exact) mass is 190 g/mol. The average Bonchev–Trinajstić information content (AvgIpc) is 1.97. The highest BCUT2D eigenvalue weighted by Crippen LogP contribution is 2.20. The first-order chi connectivity index (χ1) is 5.85. The van der Waals surface area contributed by atoms with Gasteiger partial charge in [-0.25, -0.2) is 0 Å². The van der Waals surface area contributed by atoms with Crippen LogP contribution in [0, 0.1) is 5.41 Å². The molecule has 0 saturated carbocycles. The topological polar surface area (TPSA) is 49.7 Å². The van der Waals surface area contributed by atoms with Crippen LogP contribution in [0.5, 0.6) is 0 Å². The third kappa shape index (κ3) is 8.22. The molecule has 0 radical (unpaired) electrons. The summed E-state index contributed by atoms with van der Waals surface area (Å²) in [4.78, 5) is 0. The Balaban J connectivity index is 3.57. The van der Waals surface area contributed by atoms with Crippen LogP contribution in [0.1, 0.15) is 34.1 Å². The van der Waals surface area contributed by atoms with Crippen LogP contribution >= 0.6 is 0 Å². The van der Waals surface area contributed by atoms with Gasteiger partial charge >= 0.3 is 0 Å². The molecule has 0 spiro atoms. The standard InChI is InChI=1S/C10H22O3/c1-8(6-11)13-7-9(12)5-10(2,3)4/h8-9,11-12H,5-7H2,1-4H3. The van der Waals surface area contributed by atoms with Gasteiger partial charge < -0.3 is 14.9 Å². The van der Waals surface area contributed by atoms with Crippen LogP contribution in [0.15, 0.2) is 0 Å². The van der Waals surface area contributed by atoms with E-state index in [4.69, 9.17) is 9.84 Å². The first-order valence-electron chi connectivity index (χ1n) is 4.75. The highest BCUT2D eigenvalue weighted by molar-refractivity contribution is 4.67. The maximum atomic E-state index is 9.52. The number of aliphatic hydroxyl groups excluding tert-OH is 2. The van der Waals surface area contributed by atoms with Gasteiger partial charge in [-0.1, -0.05) is 20.8 Å². The molecular formula is C10H22O3. The van der Waals surface area contributed by atoms with Gasteiger partial charge in [0.15, 0.2) is 0 Å². The molecule has 13 heavy (non-hydrogen) atoms. The molecule has 0 aromatic rings. The van der Waals surface area contributed by atoms with Crippen LogP contribution in [-0.4, -0.2) is 35.6 Å². The Morgan fingerprint density at radius 3 is 2.23 bits per heavy atom. The van der Waals surface area contributed by atoms with Crippen molar-refractivity contribution >= 4 is 0 Å². The van der Waals surface area contributed by atoms with Crippen molar-refractivity contribution in [3.8, 4) is 0 Å². The van der Waals surface area contributed by atoms with E-state index in [0.717, 1.165) is 0 Å². The van der Waals surface area contributed by atoms with E-state index in [0.29, 0.717) is 13.0 Å². The Morgan fingerprint density at radius 1 is 1.31 bits per heavy atom. The molecule has 0 saturated heterocycles. The summed E-state index contributed by atoms with van der Waals surface area (Å²) in [5, 5.41) is 18.2. The van der Waals surface area contributed by atoms with E-state index in [1.165, 1.54) is 0 Å². The van der Waals surface area contributed by atoms with Crippen LogP contribution in [0.4, 0.5) is 0 Å². The van der Waals surface area contributed by atoms with Gasteiger partial charge in [-0.3, -0.25) is 0 Å². The van der Waals surface area contributed by atoms with Gasteiger partial charge in [0.05, 0.1) is 25.4 Å². The number of ether oxygens (including phenoxy) is 1. The zero-order valence-electron chi connectivity index (χ0n) is 9.08. The van der Waals surface area contributed by atoms with E-state index in [2.05, 4.69) is 20.8 Å². The number of rotatable bonds is 5. The Labute approximate surface area is 80.7 Å². The fourth-order valence-corrected chi connectivity index (χ4v) is 1.09. The second kappa shape index (κ2) is 5.58. The molecule has 3 heteroatoms. The predicted octanol–water partition coefficient (Wildman–Crippen LogP) is 1.18. The third-order valence-corrected chi connectivity index (χ3v) is 1.68. The summed E-state index contributed by atoms with van der Waals surface area (Å²) in [6.07, 6.45) is 0.0918. The van der Waals surface area contributed by atoms with Crippen LogP contribution in [0.2, 0.25) is 0 Å². The number of hydrogen-bond donors (Lipinski definition) is 2. The summed E-state index contributed by atoms with van der Waals surface area (Å²) >= 11 is 0. The minimum Gasteiger partial charge on any atom is -0.394 e. The first-order valence-corrected chi connectivity index (χ1v) is 4.75. The molecule has 0 rings (SSSR count). The second-order valence-corrected chi connectivity index (χ2v) is 4.75. The molecular weight excluding hydrogens is 168 g/mol. The lowest BCUT2D eigenvalue weighted by Crippen LogP contribution is -2.26. The van der Waals surface area contributed by atoms with Crippen molar-refractivity contribution < 1.29 is 14.9 Å². The Kier molecular flexibility index (Phi) is 5.53. The molecule has 0 heterocycles. The Morgan fingerprint density at radius 2 is 1.85 bits per heavy atom. The fraction of sp³-hybridized carbons (Fsp3) is 1.00. The molecule has 0 aromatic heterocycles. The maximum absolute atomic E-state index is 9.52. The summed E-state index contributed by atoms with van der Waals surface area (Å²) in [6, 6.07) is 0. The molecule has 80 valence electrons. The van der Waals surface area contributed by atoms with Gasteiger partial charge in [0, 0.05) is 0 Å². The molecule has 0 amide bonds. The lowest BCUT2D eigenvalue weighted by Gasteiger charge is -2.23. The van der Waals surface area contributed by atoms with E-state index < -0.39 is 6.10 Å². The highest BCUT2D eigenvalue weighted by Gasteiger charge is 2.17. The summed E-state index contributed by atoms with van der Waals surface area (Å²) in [7, 11) is 0. The summed E-state index contributed by atoms with van der Waals surface area (Å²) in [6.45, 7) is 8.31. The lowest BCUT2D eigenvalue weighted by atomic mass is 9.89. The fourth-order valence-electron chi connectivity index (χ4n) is 1.09. The van der Waals surface area contributed by atoms with Crippen molar-refractivity contribution in [3.05, 3.63) is 0 Å². The van der Waals surface area contributed by atoms with Crippen LogP contribution < -0.4 is 0 Å². The van der Waals surface area contributed by atoms with Gasteiger partial charge in [-0.05, 0) is 18.8 Å². The van der Waals surface area contributed by atoms with Crippen LogP contribution in [0.3, 0.4) is 0 Å². The van der Waals surface area contributed by atoms with Gasteiger partial charge in [0.25, 0.3) is 0 Å². The molecule has 0 bridgehead atoms. The van der Waals surface area contributed by atoms with Crippen molar-refractivity contribution in [1.29, 1.82) is 0 Å². The van der Waals surface area contributed by atoms with E-state index in [1.807, 2.05) is 0 Å². The number of hydrogen-bond acceptors (Lipinski definition) is 3. The number of aliphatic hydroxyl groups is 2. The SMILES string of the molecule is CC(CO)OCC(O)CC(C)(C)C. The molecule has 0 aliphatic heterocycles. The molecule has 2 unspecified atom stereocenters. The largest absolute Gasteiger partial charge is 0.394 e. The summed E-state index contributed by atoms with van der Waals surface area (Å²) in [5.41, 5.74) is 0.116. The van der Waals surface area contributed by atoms with Gasteiger partial charge in [-0.15, -0.1) is 0 Å². The van der Waals surface area contributed by atoms with E-state index in [1.54, 1.807) is 6.92 Å². The van der Waals surface area contributed by atoms with Crippen LogP contribution in [0.25, 0.3) is 0 Å². The average molecular weight is 190 g/mol. The van der Waals surface area contributed by atoms with Gasteiger partial charge in [-0.2, -0.15) is 0 Å². The normalized spacial score (nSPS) is 17.1. The minimum absolute atomic E-state index is 0.00222. The highest BCUT2D eigenvalue weighted by atomic mass is 16.5. The molecule has 0 aromatic carbocycles. The van der Waals surface area contributed by atoms with E-state index in [9.17, 15) is 5.11 Å². The van der Waals surface area contributed by atoms with Crippen LogP contribution in [-0.2, 0) is 4.74 Å². The molecule has 2 atom stereocenters. The van der Waals surface area contributed by atoms with Crippen molar-refractivity contribution in [2.24, 2.45) is 5.41 Å². The Hall–Kier alpha value is -0.120. The minimum atomic E-state index is -0.436. The van der Waals surface area contributed by atoms with Crippen molar-refractivity contribution in [2.75, 3.05) is 13.2 Å². The summed E-state index contributed by atoms with van der Waals surface area (Å²) in [5.74, 6) is 0. The zero-order valence-corrected chi connectivity index (χ0v) is 9.08. The molecule has 3 nitrogen and oxygen atoms in total. The third-order valence-electron chi connectivity index (χ3n) is 1.68. The van der Waals surface area contributed by atoms with E-state index >= 15 is 0 Å². The molecule has 0 fully saturated rings. The predicted molar refractivity (Wildman–Crippen MR) is 52.6 cm³/mol. The van der Waals surface area contributed by atoms with Crippen molar-refractivity contribution in [2.45, 2.75) is 46.3 Å². The quantitative estimate of drug-likeness (QED) is 0.684. The first kappa shape index (κ1) is 12.9. The maximum Gasteiger partial charge on any atom is 0.0779 e. The Bertz CT molecular complexity index is 129. The summed E-state index contributed by atoms with van der Waals surface area (Å²) < 4.78 is 5.20. The van der Waals surface area contributed by atoms with Gasteiger partial charge in [0.1, 0.15) is 0 Å². The van der Waals surface area contributed by atoms with Crippen molar-refractivity contribution in [3.63, 3.8) is 0 Å². The molecule has 2 N–H and O–H groups in total.